The van der Waals surface area contributed by atoms with Gasteiger partial charge in [-0.05, 0) is 45.7 Å². The maximum absolute atomic E-state index is 13.6. The van der Waals surface area contributed by atoms with Crippen molar-refractivity contribution in [1.29, 1.82) is 0 Å². The summed E-state index contributed by atoms with van der Waals surface area (Å²) >= 11 is 0. The van der Waals surface area contributed by atoms with E-state index in [0.29, 0.717) is 12.8 Å². The Morgan fingerprint density at radius 2 is 2.03 bits per heavy atom. The summed E-state index contributed by atoms with van der Waals surface area (Å²) in [6.07, 6.45) is 2.05. The molecule has 3 heterocycles. The summed E-state index contributed by atoms with van der Waals surface area (Å²) in [5.74, 6) is -0.107. The number of fused-ring (bicyclic) bond motifs is 1. The summed E-state index contributed by atoms with van der Waals surface area (Å²) in [4.78, 5) is 44.6. The number of alkyl halides is 1. The SMILES string of the molecule is CN(C(=O)OC(C)(C)C)c1cc(Nc2cccn([C@H]3C[C@@H]3F)c2=O)nc2c(C(=O)NC3CC[C@H]3O)cnn12. The van der Waals surface area contributed by atoms with Crippen LogP contribution in [0.3, 0.4) is 0 Å². The molecule has 0 bridgehead atoms. The number of nitrogens with zero attached hydrogens (tertiary/aromatic N) is 5. The van der Waals surface area contributed by atoms with Crippen molar-refractivity contribution < 1.29 is 23.8 Å². The number of anilines is 3. The molecule has 4 atom stereocenters. The zero-order valence-corrected chi connectivity index (χ0v) is 21.5. The van der Waals surface area contributed by atoms with Gasteiger partial charge in [-0.15, -0.1) is 0 Å². The van der Waals surface area contributed by atoms with Crippen molar-refractivity contribution in [2.45, 2.75) is 70.0 Å². The van der Waals surface area contributed by atoms with Crippen LogP contribution in [0.1, 0.15) is 56.4 Å². The van der Waals surface area contributed by atoms with Crippen molar-refractivity contribution in [3.63, 3.8) is 0 Å². The van der Waals surface area contributed by atoms with Gasteiger partial charge in [0.2, 0.25) is 0 Å². The minimum absolute atomic E-state index is 0.119. The number of aromatic nitrogens is 4. The molecule has 0 radical (unpaired) electrons. The molecule has 2 aliphatic carbocycles. The monoisotopic (exact) mass is 527 g/mol. The summed E-state index contributed by atoms with van der Waals surface area (Å²) < 4.78 is 21.8. The molecule has 202 valence electrons. The van der Waals surface area contributed by atoms with E-state index in [4.69, 9.17) is 4.74 Å². The van der Waals surface area contributed by atoms with Crippen molar-refractivity contribution in [2.24, 2.45) is 0 Å². The van der Waals surface area contributed by atoms with Crippen LogP contribution < -0.4 is 21.1 Å². The predicted octanol–water partition coefficient (Wildman–Crippen LogP) is 2.54. The Balaban J connectivity index is 1.55. The average Bonchev–Trinajstić information content (AvgIpc) is 3.41. The fourth-order valence-electron chi connectivity index (χ4n) is 4.18. The van der Waals surface area contributed by atoms with Gasteiger partial charge in [0, 0.05) is 25.7 Å². The predicted molar refractivity (Wildman–Crippen MR) is 137 cm³/mol. The highest BCUT2D eigenvalue weighted by Gasteiger charge is 2.40. The normalized spacial score (nSPS) is 22.5. The number of aliphatic hydroxyl groups is 1. The van der Waals surface area contributed by atoms with Crippen molar-refractivity contribution in [2.75, 3.05) is 17.3 Å². The first-order valence-electron chi connectivity index (χ1n) is 12.4. The second-order valence-corrected chi connectivity index (χ2v) is 10.6. The number of carbonyl (C=O) groups excluding carboxylic acids is 2. The van der Waals surface area contributed by atoms with Gasteiger partial charge in [-0.25, -0.2) is 14.2 Å². The molecule has 0 aromatic carbocycles. The lowest BCUT2D eigenvalue weighted by molar-refractivity contribution is 0.0448. The smallest absolute Gasteiger partial charge is 0.415 e. The van der Waals surface area contributed by atoms with Gasteiger partial charge in [-0.2, -0.15) is 9.61 Å². The number of hydrogen-bond acceptors (Lipinski definition) is 8. The Morgan fingerprint density at radius 1 is 1.29 bits per heavy atom. The zero-order valence-electron chi connectivity index (χ0n) is 21.5. The lowest BCUT2D eigenvalue weighted by atomic mass is 9.89. The average molecular weight is 528 g/mol. The molecule has 0 spiro atoms. The highest BCUT2D eigenvalue weighted by Crippen LogP contribution is 2.38. The molecule has 3 aromatic rings. The maximum Gasteiger partial charge on any atom is 0.415 e. The number of ether oxygens (including phenoxy) is 1. The number of aliphatic hydroxyl groups excluding tert-OH is 1. The topological polar surface area (TPSA) is 143 Å². The molecule has 2 aliphatic rings. The van der Waals surface area contributed by atoms with Crippen LogP contribution in [0.4, 0.5) is 26.5 Å². The Morgan fingerprint density at radius 3 is 2.63 bits per heavy atom. The second kappa shape index (κ2) is 9.39. The summed E-state index contributed by atoms with van der Waals surface area (Å²) in [6, 6.07) is 3.79. The van der Waals surface area contributed by atoms with E-state index >= 15 is 0 Å². The molecule has 1 unspecified atom stereocenters. The molecule has 0 aliphatic heterocycles. The number of halogens is 1. The summed E-state index contributed by atoms with van der Waals surface area (Å²) in [7, 11) is 1.49. The Bertz CT molecular complexity index is 1460. The first kappa shape index (κ1) is 25.6. The molecule has 3 N–H and O–H groups in total. The van der Waals surface area contributed by atoms with Crippen molar-refractivity contribution >= 4 is 35.0 Å². The van der Waals surface area contributed by atoms with E-state index < -0.39 is 41.5 Å². The van der Waals surface area contributed by atoms with Crippen molar-refractivity contribution in [3.05, 3.63) is 46.5 Å². The fourth-order valence-corrected chi connectivity index (χ4v) is 4.18. The fraction of sp³-hybridized carbons (Fsp3) is 0.480. The van der Waals surface area contributed by atoms with Gasteiger partial charge >= 0.3 is 6.09 Å². The highest BCUT2D eigenvalue weighted by atomic mass is 19.1. The molecule has 5 rings (SSSR count). The number of pyridine rings is 1. The quantitative estimate of drug-likeness (QED) is 0.444. The van der Waals surface area contributed by atoms with Gasteiger partial charge in [-0.1, -0.05) is 0 Å². The molecule has 2 saturated carbocycles. The lowest BCUT2D eigenvalue weighted by Gasteiger charge is -2.32. The molecule has 2 fully saturated rings. The Hall–Kier alpha value is -4.00. The van der Waals surface area contributed by atoms with Crippen LogP contribution >= 0.6 is 0 Å². The van der Waals surface area contributed by atoms with Crippen LogP contribution in [0.5, 0.6) is 0 Å². The van der Waals surface area contributed by atoms with E-state index in [0.717, 1.165) is 0 Å². The van der Waals surface area contributed by atoms with Crippen LogP contribution in [0.15, 0.2) is 35.4 Å². The van der Waals surface area contributed by atoms with Gasteiger partial charge in [0.05, 0.1) is 24.4 Å². The molecule has 38 heavy (non-hydrogen) atoms. The first-order chi connectivity index (χ1) is 17.9. The van der Waals surface area contributed by atoms with E-state index in [9.17, 15) is 23.9 Å². The minimum Gasteiger partial charge on any atom is -0.443 e. The van der Waals surface area contributed by atoms with E-state index in [1.165, 1.54) is 39.5 Å². The molecular formula is C25H30FN7O5. The maximum atomic E-state index is 13.6. The third-order valence-electron chi connectivity index (χ3n) is 6.54. The van der Waals surface area contributed by atoms with Crippen LogP contribution in [0.25, 0.3) is 5.65 Å². The Kier molecular flexibility index (Phi) is 6.33. The van der Waals surface area contributed by atoms with Gasteiger partial charge in [0.15, 0.2) is 5.65 Å². The van der Waals surface area contributed by atoms with Crippen LogP contribution in [0.2, 0.25) is 0 Å². The molecule has 12 nitrogen and oxygen atoms in total. The molecule has 2 amide bonds. The van der Waals surface area contributed by atoms with Gasteiger partial charge in [0.1, 0.15) is 34.7 Å². The third-order valence-corrected chi connectivity index (χ3v) is 6.54. The number of rotatable bonds is 6. The van der Waals surface area contributed by atoms with E-state index in [2.05, 4.69) is 20.7 Å². The summed E-state index contributed by atoms with van der Waals surface area (Å²) in [5, 5.41) is 19.9. The third kappa shape index (κ3) is 4.93. The van der Waals surface area contributed by atoms with Crippen molar-refractivity contribution in [1.82, 2.24) is 24.5 Å². The molecule has 3 aromatic heterocycles. The van der Waals surface area contributed by atoms with Gasteiger partial charge < -0.3 is 25.0 Å². The van der Waals surface area contributed by atoms with Crippen molar-refractivity contribution in [3.8, 4) is 0 Å². The number of carbonyl (C=O) groups is 2. The van der Waals surface area contributed by atoms with Gasteiger partial charge in [0.25, 0.3) is 11.5 Å². The minimum atomic E-state index is -1.06. The van der Waals surface area contributed by atoms with Crippen LogP contribution in [-0.4, -0.2) is 67.2 Å². The highest BCUT2D eigenvalue weighted by molar-refractivity contribution is 6.00. The lowest BCUT2D eigenvalue weighted by Crippen LogP contribution is -2.50. The van der Waals surface area contributed by atoms with E-state index in [1.54, 1.807) is 32.9 Å². The second-order valence-electron chi connectivity index (χ2n) is 10.6. The van der Waals surface area contributed by atoms with Gasteiger partial charge in [-0.3, -0.25) is 14.5 Å². The largest absolute Gasteiger partial charge is 0.443 e. The summed E-state index contributed by atoms with van der Waals surface area (Å²) in [5.41, 5.74) is -0.794. The first-order valence-corrected chi connectivity index (χ1v) is 12.4. The number of amides is 2. The zero-order chi connectivity index (χ0) is 27.4. The molecule has 0 saturated heterocycles. The van der Waals surface area contributed by atoms with Crippen LogP contribution in [-0.2, 0) is 4.74 Å². The summed E-state index contributed by atoms with van der Waals surface area (Å²) in [6.45, 7) is 5.21. The van der Waals surface area contributed by atoms with E-state index in [1.807, 2.05) is 0 Å². The number of nitrogens with one attached hydrogen (secondary N) is 2. The van der Waals surface area contributed by atoms with E-state index in [-0.39, 0.29) is 41.0 Å². The molecular weight excluding hydrogens is 497 g/mol. The Labute approximate surface area is 217 Å². The molecule has 13 heteroatoms. The standard InChI is InChI=1S/C25H30FN7O5/c1-25(2,3)38-24(37)31(4)20-11-19(28-16-6-5-9-32(23(16)36)17-10-14(17)26)30-21-13(12-27-33(20)21)22(35)29-15-7-8-18(15)34/h5-6,9,11-12,14-15,17-18,34H,7-8,10H2,1-4H3,(H,28,30)(H,29,35)/t14-,15?,17-,18+/m0/s1. The number of hydrogen-bond donors (Lipinski definition) is 3. The van der Waals surface area contributed by atoms with Crippen LogP contribution in [0, 0.1) is 0 Å².